The number of carboxylic acid groups (broad SMARTS) is 1. The van der Waals surface area contributed by atoms with Crippen LogP contribution in [0.5, 0.6) is 0 Å². The molecule has 0 aromatic carbocycles. The highest BCUT2D eigenvalue weighted by Gasteiger charge is 2.22. The van der Waals surface area contributed by atoms with Crippen LogP contribution in [-0.4, -0.2) is 49.3 Å². The van der Waals surface area contributed by atoms with Crippen molar-refractivity contribution in [2.45, 2.75) is 31.7 Å². The molecule has 1 heterocycles. The van der Waals surface area contributed by atoms with Crippen LogP contribution in [-0.2, 0) is 9.53 Å². The summed E-state index contributed by atoms with van der Waals surface area (Å²) in [6.07, 6.45) is 3.91. The van der Waals surface area contributed by atoms with Crippen molar-refractivity contribution in [3.63, 3.8) is 0 Å². The fourth-order valence-electron chi connectivity index (χ4n) is 2.03. The third-order valence-corrected chi connectivity index (χ3v) is 3.10. The monoisotopic (exact) mass is 215 g/mol. The van der Waals surface area contributed by atoms with Gasteiger partial charge < -0.3 is 9.84 Å². The fourth-order valence-corrected chi connectivity index (χ4v) is 2.03. The van der Waals surface area contributed by atoms with Crippen LogP contribution >= 0.6 is 0 Å². The molecule has 1 aliphatic heterocycles. The van der Waals surface area contributed by atoms with E-state index in [0.29, 0.717) is 5.92 Å². The normalized spacial score (nSPS) is 20.5. The Kier molecular flexibility index (Phi) is 5.05. The maximum atomic E-state index is 10.9. The van der Waals surface area contributed by atoms with E-state index in [4.69, 9.17) is 9.84 Å². The molecule has 4 nitrogen and oxygen atoms in total. The zero-order valence-electron chi connectivity index (χ0n) is 9.61. The van der Waals surface area contributed by atoms with Crippen molar-refractivity contribution < 1.29 is 14.6 Å². The predicted molar refractivity (Wildman–Crippen MR) is 57.9 cm³/mol. The van der Waals surface area contributed by atoms with Gasteiger partial charge in [0.05, 0.1) is 0 Å². The Balaban J connectivity index is 2.29. The Labute approximate surface area is 91.2 Å². The summed E-state index contributed by atoms with van der Waals surface area (Å²) in [5, 5.41) is 9.01. The number of carboxylic acids is 1. The lowest BCUT2D eigenvalue weighted by molar-refractivity contribution is -0.142. The Morgan fingerprint density at radius 3 is 2.53 bits per heavy atom. The third kappa shape index (κ3) is 4.18. The average Bonchev–Trinajstić information content (AvgIpc) is 2.18. The van der Waals surface area contributed by atoms with Crippen molar-refractivity contribution in [3.8, 4) is 0 Å². The molecule has 4 heteroatoms. The molecule has 1 aliphatic rings. The number of carbonyl (C=O) groups is 1. The second kappa shape index (κ2) is 6.08. The standard InChI is InChI=1S/C11H21NO3/c1-12(2)10(11(13)14)4-3-9-5-7-15-8-6-9/h9-10H,3-8H2,1-2H3,(H,13,14). The van der Waals surface area contributed by atoms with Gasteiger partial charge >= 0.3 is 5.97 Å². The molecule has 0 bridgehead atoms. The van der Waals surface area contributed by atoms with Crippen LogP contribution in [0.15, 0.2) is 0 Å². The van der Waals surface area contributed by atoms with Gasteiger partial charge in [0.15, 0.2) is 0 Å². The summed E-state index contributed by atoms with van der Waals surface area (Å²) in [7, 11) is 3.64. The van der Waals surface area contributed by atoms with E-state index in [1.807, 2.05) is 14.1 Å². The third-order valence-electron chi connectivity index (χ3n) is 3.10. The van der Waals surface area contributed by atoms with Crippen LogP contribution in [0.3, 0.4) is 0 Å². The van der Waals surface area contributed by atoms with Gasteiger partial charge in [-0.1, -0.05) is 0 Å². The highest BCUT2D eigenvalue weighted by molar-refractivity contribution is 5.73. The number of ether oxygens (including phenoxy) is 1. The van der Waals surface area contributed by atoms with Crippen LogP contribution in [0.4, 0.5) is 0 Å². The van der Waals surface area contributed by atoms with Crippen molar-refractivity contribution in [2.75, 3.05) is 27.3 Å². The van der Waals surface area contributed by atoms with Gasteiger partial charge in [0.1, 0.15) is 6.04 Å². The fraction of sp³-hybridized carbons (Fsp3) is 0.909. The Hall–Kier alpha value is -0.610. The molecule has 88 valence electrons. The molecule has 1 atom stereocenters. The Morgan fingerprint density at radius 2 is 2.07 bits per heavy atom. The highest BCUT2D eigenvalue weighted by Crippen LogP contribution is 2.21. The summed E-state index contributed by atoms with van der Waals surface area (Å²) in [5.74, 6) is -0.0624. The molecule has 1 saturated heterocycles. The average molecular weight is 215 g/mol. The molecular formula is C11H21NO3. The largest absolute Gasteiger partial charge is 0.480 e. The first-order chi connectivity index (χ1) is 7.11. The minimum Gasteiger partial charge on any atom is -0.480 e. The van der Waals surface area contributed by atoms with Crippen LogP contribution in [0, 0.1) is 5.92 Å². The minimum atomic E-state index is -0.716. The number of hydrogen-bond acceptors (Lipinski definition) is 3. The van der Waals surface area contributed by atoms with E-state index in [1.165, 1.54) is 0 Å². The topological polar surface area (TPSA) is 49.8 Å². The lowest BCUT2D eigenvalue weighted by atomic mass is 9.93. The second-order valence-corrected chi connectivity index (χ2v) is 4.45. The van der Waals surface area contributed by atoms with Crippen molar-refractivity contribution in [2.24, 2.45) is 5.92 Å². The lowest BCUT2D eigenvalue weighted by Crippen LogP contribution is -2.36. The second-order valence-electron chi connectivity index (χ2n) is 4.45. The van der Waals surface area contributed by atoms with Crippen molar-refractivity contribution in [3.05, 3.63) is 0 Å². The molecule has 0 spiro atoms. The summed E-state index contributed by atoms with van der Waals surface area (Å²) in [5.41, 5.74) is 0. The molecule has 1 unspecified atom stereocenters. The van der Waals surface area contributed by atoms with Crippen molar-refractivity contribution in [1.82, 2.24) is 4.90 Å². The smallest absolute Gasteiger partial charge is 0.320 e. The van der Waals surface area contributed by atoms with Gasteiger partial charge in [-0.3, -0.25) is 9.69 Å². The number of aliphatic carboxylic acids is 1. The van der Waals surface area contributed by atoms with Gasteiger partial charge in [-0.2, -0.15) is 0 Å². The maximum absolute atomic E-state index is 10.9. The Bertz CT molecular complexity index is 200. The lowest BCUT2D eigenvalue weighted by Gasteiger charge is -2.25. The number of likely N-dealkylation sites (N-methyl/N-ethyl adjacent to an activating group) is 1. The van der Waals surface area contributed by atoms with Crippen LogP contribution in [0.1, 0.15) is 25.7 Å². The molecular weight excluding hydrogens is 194 g/mol. The summed E-state index contributed by atoms with van der Waals surface area (Å²) >= 11 is 0. The molecule has 0 amide bonds. The minimum absolute atomic E-state index is 0.340. The molecule has 1 N–H and O–H groups in total. The molecule has 15 heavy (non-hydrogen) atoms. The highest BCUT2D eigenvalue weighted by atomic mass is 16.5. The molecule has 0 aromatic heterocycles. The predicted octanol–water partition coefficient (Wildman–Crippen LogP) is 1.21. The summed E-state index contributed by atoms with van der Waals surface area (Å²) in [6, 6.07) is -0.340. The molecule has 1 rings (SSSR count). The Morgan fingerprint density at radius 1 is 1.47 bits per heavy atom. The van der Waals surface area contributed by atoms with Gasteiger partial charge in [-0.25, -0.2) is 0 Å². The SMILES string of the molecule is CN(C)C(CCC1CCOCC1)C(=O)O. The van der Waals surface area contributed by atoms with Crippen LogP contribution < -0.4 is 0 Å². The number of rotatable bonds is 5. The molecule has 0 aliphatic carbocycles. The van der Waals surface area contributed by atoms with E-state index >= 15 is 0 Å². The zero-order valence-corrected chi connectivity index (χ0v) is 9.61. The first-order valence-corrected chi connectivity index (χ1v) is 5.58. The summed E-state index contributed by atoms with van der Waals surface area (Å²) in [4.78, 5) is 12.7. The van der Waals surface area contributed by atoms with Gasteiger partial charge in [0, 0.05) is 13.2 Å². The van der Waals surface area contributed by atoms with Gasteiger partial charge in [0.25, 0.3) is 0 Å². The number of nitrogens with zero attached hydrogens (tertiary/aromatic N) is 1. The van der Waals surface area contributed by atoms with E-state index in [1.54, 1.807) is 4.90 Å². The molecule has 0 aromatic rings. The van der Waals surface area contributed by atoms with Gasteiger partial charge in [-0.15, -0.1) is 0 Å². The first kappa shape index (κ1) is 12.5. The molecule has 0 saturated carbocycles. The summed E-state index contributed by atoms with van der Waals surface area (Å²) < 4.78 is 5.27. The van der Waals surface area contributed by atoms with Gasteiger partial charge in [0.2, 0.25) is 0 Å². The zero-order chi connectivity index (χ0) is 11.3. The summed E-state index contributed by atoms with van der Waals surface area (Å²) in [6.45, 7) is 1.68. The quantitative estimate of drug-likeness (QED) is 0.749. The van der Waals surface area contributed by atoms with E-state index < -0.39 is 5.97 Å². The van der Waals surface area contributed by atoms with Gasteiger partial charge in [-0.05, 0) is 45.7 Å². The molecule has 0 radical (unpaired) electrons. The first-order valence-electron chi connectivity index (χ1n) is 5.58. The van der Waals surface area contributed by atoms with Crippen LogP contribution in [0.2, 0.25) is 0 Å². The van der Waals surface area contributed by atoms with E-state index in [-0.39, 0.29) is 6.04 Å². The van der Waals surface area contributed by atoms with Crippen molar-refractivity contribution >= 4 is 5.97 Å². The van der Waals surface area contributed by atoms with Crippen LogP contribution in [0.25, 0.3) is 0 Å². The van der Waals surface area contributed by atoms with E-state index in [2.05, 4.69) is 0 Å². The number of hydrogen-bond donors (Lipinski definition) is 1. The maximum Gasteiger partial charge on any atom is 0.320 e. The molecule has 1 fully saturated rings. The van der Waals surface area contributed by atoms with Crippen molar-refractivity contribution in [1.29, 1.82) is 0 Å². The van der Waals surface area contributed by atoms with E-state index in [9.17, 15) is 4.79 Å². The van der Waals surface area contributed by atoms with E-state index in [0.717, 1.165) is 38.9 Å².